The van der Waals surface area contributed by atoms with Gasteiger partial charge in [-0.1, -0.05) is 22.0 Å². The number of pyridine rings is 1. The summed E-state index contributed by atoms with van der Waals surface area (Å²) in [6, 6.07) is 1.87. The Kier molecular flexibility index (Phi) is 9.82. The van der Waals surface area contributed by atoms with Crippen molar-refractivity contribution in [1.82, 2.24) is 20.5 Å². The van der Waals surface area contributed by atoms with Crippen molar-refractivity contribution in [2.75, 3.05) is 19.0 Å². The van der Waals surface area contributed by atoms with Gasteiger partial charge in [-0.2, -0.15) is 0 Å². The Morgan fingerprint density at radius 1 is 1.12 bits per heavy atom. The van der Waals surface area contributed by atoms with Gasteiger partial charge in [0.15, 0.2) is 0 Å². The molecular formula is C30H40BrN5O6. The fourth-order valence-corrected chi connectivity index (χ4v) is 8.03. The van der Waals surface area contributed by atoms with E-state index in [2.05, 4.69) is 41.9 Å². The molecule has 11 nitrogen and oxygen atoms in total. The van der Waals surface area contributed by atoms with E-state index in [-0.39, 0.29) is 41.3 Å². The van der Waals surface area contributed by atoms with Crippen molar-refractivity contribution in [1.29, 1.82) is 0 Å². The molecule has 1 aromatic rings. The van der Waals surface area contributed by atoms with Crippen LogP contribution in [0, 0.1) is 23.7 Å². The zero-order valence-corrected chi connectivity index (χ0v) is 25.4. The van der Waals surface area contributed by atoms with Gasteiger partial charge in [0, 0.05) is 29.7 Å². The number of halogens is 1. The number of amides is 3. The van der Waals surface area contributed by atoms with E-state index in [0.717, 1.165) is 11.8 Å². The number of allylic oxidation sites excluding steroid dienone is 1. The van der Waals surface area contributed by atoms with Gasteiger partial charge in [0.1, 0.15) is 18.3 Å². The Labute approximate surface area is 253 Å². The molecule has 6 rings (SSSR count). The normalized spacial score (nSPS) is 30.2. The van der Waals surface area contributed by atoms with Crippen LogP contribution in [-0.4, -0.2) is 64.9 Å². The molecule has 5 aliphatic rings. The van der Waals surface area contributed by atoms with Gasteiger partial charge in [-0.25, -0.2) is 4.79 Å². The van der Waals surface area contributed by atoms with Crippen LogP contribution in [-0.2, 0) is 30.5 Å². The molecule has 12 heteroatoms. The Bertz CT molecular complexity index is 1250. The number of carbonyl (C=O) groups is 4. The molecule has 42 heavy (non-hydrogen) atoms. The summed E-state index contributed by atoms with van der Waals surface area (Å²) in [5, 5.41) is 11.8. The minimum Gasteiger partial charge on any atom is -0.466 e. The molecule has 1 aliphatic heterocycles. The summed E-state index contributed by atoms with van der Waals surface area (Å²) in [5.74, 6) is 1.07. The molecule has 1 saturated heterocycles. The average Bonchev–Trinajstić information content (AvgIpc) is 3.40. The number of nitrogens with one attached hydrogen (secondary N) is 4. The molecule has 2 heterocycles. The Hall–Kier alpha value is -2.99. The predicted octanol–water partition coefficient (Wildman–Crippen LogP) is 1.85. The number of rotatable bonds is 11. The van der Waals surface area contributed by atoms with Gasteiger partial charge in [-0.3, -0.25) is 19.2 Å². The maximum atomic E-state index is 13.3. The third-order valence-electron chi connectivity index (χ3n) is 9.25. The molecule has 0 radical (unpaired) electrons. The van der Waals surface area contributed by atoms with Crippen LogP contribution in [0.3, 0.4) is 0 Å². The molecule has 3 amide bonds. The molecular weight excluding hydrogens is 606 g/mol. The topological polar surface area (TPSA) is 148 Å². The van der Waals surface area contributed by atoms with Crippen LogP contribution < -0.4 is 26.8 Å². The van der Waals surface area contributed by atoms with Gasteiger partial charge in [0.05, 0.1) is 13.2 Å². The van der Waals surface area contributed by atoms with Crippen LogP contribution >= 0.6 is 15.9 Å². The van der Waals surface area contributed by atoms with Crippen molar-refractivity contribution in [3.63, 3.8) is 0 Å². The molecule has 0 spiro atoms. The first kappa shape index (κ1) is 30.5. The number of aromatic nitrogens is 1. The number of alkyl halides is 1. The molecule has 4 N–H and O–H groups in total. The fourth-order valence-electron chi connectivity index (χ4n) is 7.47. The lowest BCUT2D eigenvalue weighted by Gasteiger charge is -2.54. The average molecular weight is 647 g/mol. The van der Waals surface area contributed by atoms with Gasteiger partial charge < -0.3 is 30.6 Å². The molecule has 5 fully saturated rings. The number of hydrogen-bond donors (Lipinski definition) is 4. The minimum atomic E-state index is -0.954. The van der Waals surface area contributed by atoms with Gasteiger partial charge in [0.2, 0.25) is 17.7 Å². The van der Waals surface area contributed by atoms with Crippen LogP contribution in [0.4, 0.5) is 5.69 Å². The summed E-state index contributed by atoms with van der Waals surface area (Å²) in [7, 11) is 1.27. The highest BCUT2D eigenvalue weighted by atomic mass is 79.9. The van der Waals surface area contributed by atoms with Crippen molar-refractivity contribution in [3.8, 4) is 0 Å². The second kappa shape index (κ2) is 13.5. The summed E-state index contributed by atoms with van der Waals surface area (Å²) >= 11 is 3.49. The Morgan fingerprint density at radius 3 is 2.48 bits per heavy atom. The molecule has 4 saturated carbocycles. The van der Waals surface area contributed by atoms with E-state index in [0.29, 0.717) is 31.2 Å². The van der Waals surface area contributed by atoms with Crippen LogP contribution in [0.1, 0.15) is 51.4 Å². The van der Waals surface area contributed by atoms with Crippen LogP contribution in [0.5, 0.6) is 0 Å². The number of ether oxygens (including phenoxy) is 1. The summed E-state index contributed by atoms with van der Waals surface area (Å²) in [6.45, 7) is 0.502. The predicted molar refractivity (Wildman–Crippen MR) is 160 cm³/mol. The number of carbonyl (C=O) groups excluding carboxylic acids is 4. The maximum absolute atomic E-state index is 13.3. The molecule has 0 aromatic carbocycles. The number of anilines is 1. The van der Waals surface area contributed by atoms with Crippen molar-refractivity contribution in [2.45, 2.75) is 80.9 Å². The summed E-state index contributed by atoms with van der Waals surface area (Å²) < 4.78 is 5.89. The van der Waals surface area contributed by atoms with Crippen molar-refractivity contribution in [2.24, 2.45) is 23.7 Å². The van der Waals surface area contributed by atoms with Gasteiger partial charge in [-0.05, 0) is 87.2 Å². The highest BCUT2D eigenvalue weighted by Gasteiger charge is 2.48. The fraction of sp³-hybridized carbons (Fsp3) is 0.633. The van der Waals surface area contributed by atoms with Gasteiger partial charge in [0.25, 0.3) is 5.56 Å². The molecule has 1 aromatic heterocycles. The first-order valence-electron chi connectivity index (χ1n) is 14.9. The van der Waals surface area contributed by atoms with Crippen LogP contribution in [0.2, 0.25) is 0 Å². The van der Waals surface area contributed by atoms with Crippen LogP contribution in [0.15, 0.2) is 35.3 Å². The van der Waals surface area contributed by atoms with Crippen molar-refractivity contribution >= 4 is 45.3 Å². The van der Waals surface area contributed by atoms with Crippen molar-refractivity contribution in [3.05, 3.63) is 40.8 Å². The SMILES string of the molecule is COC(=O)/C=C/CCC(NC(=O)[C@@H]1C[C@H](Br)CN1)C(=O)Nc1cccn(CC(=O)NC2C3CC4CC(C3)CC2C4)c1=O. The molecule has 3 atom stereocenters. The largest absolute Gasteiger partial charge is 0.466 e. The first-order valence-corrected chi connectivity index (χ1v) is 15.8. The molecule has 4 aliphatic carbocycles. The van der Waals surface area contributed by atoms with E-state index < -0.39 is 29.5 Å². The number of methoxy groups -OCH3 is 1. The third kappa shape index (κ3) is 7.31. The standard InChI is InChI=1S/C30H40BrN5O6/c1-42-26(38)7-3-2-5-22(33-29(40)24-14-21(31)15-32-24)28(39)34-23-6-4-8-36(30(23)41)16-25(37)35-27-19-10-17-9-18(12-19)13-20(27)11-17/h3-4,6-8,17-22,24,27,32H,2,5,9-16H2,1H3,(H,33,40)(H,34,39)(H,35,37)/b7-3+/t17?,18?,19?,20?,21-,22?,24-,27?/m0/s1. The van der Waals surface area contributed by atoms with Crippen LogP contribution in [0.25, 0.3) is 0 Å². The second-order valence-electron chi connectivity index (χ2n) is 12.2. The van der Waals surface area contributed by atoms with Gasteiger partial charge >= 0.3 is 5.97 Å². The molecule has 1 unspecified atom stereocenters. The highest BCUT2D eigenvalue weighted by molar-refractivity contribution is 9.09. The maximum Gasteiger partial charge on any atom is 0.330 e. The zero-order chi connectivity index (χ0) is 29.8. The third-order valence-corrected chi connectivity index (χ3v) is 9.95. The summed E-state index contributed by atoms with van der Waals surface area (Å²) in [6.07, 6.45) is 11.5. The van der Waals surface area contributed by atoms with Crippen molar-refractivity contribution < 1.29 is 23.9 Å². The lowest BCUT2D eigenvalue weighted by Crippen LogP contribution is -2.56. The lowest BCUT2D eigenvalue weighted by atomic mass is 9.54. The van der Waals surface area contributed by atoms with Gasteiger partial charge in [-0.15, -0.1) is 0 Å². The lowest BCUT2D eigenvalue weighted by molar-refractivity contribution is -0.135. The highest BCUT2D eigenvalue weighted by Crippen LogP contribution is 2.53. The molecule has 4 bridgehead atoms. The Balaban J connectivity index is 1.21. The Morgan fingerprint density at radius 2 is 1.83 bits per heavy atom. The monoisotopic (exact) mass is 645 g/mol. The second-order valence-corrected chi connectivity index (χ2v) is 13.5. The summed E-state index contributed by atoms with van der Waals surface area (Å²) in [5.41, 5.74) is -0.477. The van der Waals surface area contributed by atoms with E-state index in [4.69, 9.17) is 0 Å². The summed E-state index contributed by atoms with van der Waals surface area (Å²) in [4.78, 5) is 64.0. The van der Waals surface area contributed by atoms with E-state index in [1.165, 1.54) is 62.1 Å². The quantitative estimate of drug-likeness (QED) is 0.163. The zero-order valence-electron chi connectivity index (χ0n) is 23.9. The number of nitrogens with zero attached hydrogens (tertiary/aromatic N) is 1. The molecule has 228 valence electrons. The van der Waals surface area contributed by atoms with E-state index in [9.17, 15) is 24.0 Å². The number of esters is 1. The first-order chi connectivity index (χ1) is 20.2. The van der Waals surface area contributed by atoms with E-state index >= 15 is 0 Å². The van der Waals surface area contributed by atoms with E-state index in [1.807, 2.05) is 0 Å². The van der Waals surface area contributed by atoms with E-state index in [1.54, 1.807) is 12.1 Å². The smallest absolute Gasteiger partial charge is 0.330 e. The number of hydrogen-bond acceptors (Lipinski definition) is 7. The minimum absolute atomic E-state index is 0.0220.